The number of nitrogens with zero attached hydrogens (tertiary/aromatic N) is 2. The molecule has 4 rings (SSSR count). The Morgan fingerprint density at radius 2 is 1.03 bits per heavy atom. The molecule has 2 atom stereocenters. The third kappa shape index (κ3) is 3.10. The van der Waals surface area contributed by atoms with Crippen molar-refractivity contribution >= 4 is 23.5 Å². The van der Waals surface area contributed by atoms with Crippen LogP contribution in [0.1, 0.15) is 61.8 Å². The molecule has 0 aliphatic heterocycles. The molecule has 2 nitrogen and oxygen atoms in total. The number of hydrogen-bond donors (Lipinski definition) is 0. The lowest BCUT2D eigenvalue weighted by Gasteiger charge is -2.41. The lowest BCUT2D eigenvalue weighted by atomic mass is 9.62. The largest absolute Gasteiger partial charge is 0.378 e. The zero-order valence-electron chi connectivity index (χ0n) is 19.2. The zero-order chi connectivity index (χ0) is 21.1. The Morgan fingerprint density at radius 1 is 0.655 bits per heavy atom. The molecule has 2 aliphatic carbocycles. The molecule has 2 heteroatoms. The van der Waals surface area contributed by atoms with Crippen molar-refractivity contribution in [1.29, 1.82) is 0 Å². The van der Waals surface area contributed by atoms with Gasteiger partial charge in [0.2, 0.25) is 0 Å². The molecule has 2 aromatic carbocycles. The number of anilines is 2. The van der Waals surface area contributed by atoms with Gasteiger partial charge in [0.05, 0.1) is 0 Å². The van der Waals surface area contributed by atoms with E-state index in [-0.39, 0.29) is 5.41 Å². The van der Waals surface area contributed by atoms with Gasteiger partial charge in [-0.2, -0.15) is 0 Å². The second-order valence-electron chi connectivity index (χ2n) is 9.88. The zero-order valence-corrected chi connectivity index (χ0v) is 19.2. The molecule has 0 heterocycles. The van der Waals surface area contributed by atoms with Gasteiger partial charge >= 0.3 is 0 Å². The van der Waals surface area contributed by atoms with Gasteiger partial charge in [-0.25, -0.2) is 0 Å². The minimum atomic E-state index is 0.0769. The summed E-state index contributed by atoms with van der Waals surface area (Å²) in [4.78, 5) is 4.41. The fraction of sp³-hybridized carbons (Fsp3) is 0.407. The van der Waals surface area contributed by atoms with Crippen LogP contribution in [0.25, 0.3) is 12.2 Å². The van der Waals surface area contributed by atoms with Gasteiger partial charge in [-0.1, -0.05) is 49.3 Å². The summed E-state index contributed by atoms with van der Waals surface area (Å²) in [6.07, 6.45) is 4.79. The number of allylic oxidation sites excluding steroid dienone is 2. The van der Waals surface area contributed by atoms with Gasteiger partial charge in [-0.3, -0.25) is 0 Å². The Labute approximate surface area is 176 Å². The van der Waals surface area contributed by atoms with E-state index in [4.69, 9.17) is 0 Å². The first-order valence-corrected chi connectivity index (χ1v) is 10.6. The van der Waals surface area contributed by atoms with Gasteiger partial charge in [0.1, 0.15) is 0 Å². The van der Waals surface area contributed by atoms with Crippen LogP contribution in [0.3, 0.4) is 0 Å². The van der Waals surface area contributed by atoms with E-state index >= 15 is 0 Å². The summed E-state index contributed by atoms with van der Waals surface area (Å²) in [5.74, 6) is 0.833. The van der Waals surface area contributed by atoms with Crippen molar-refractivity contribution in [1.82, 2.24) is 0 Å². The molecule has 2 aromatic rings. The Kier molecular flexibility index (Phi) is 4.64. The van der Waals surface area contributed by atoms with Crippen molar-refractivity contribution in [2.75, 3.05) is 38.0 Å². The molecule has 0 spiro atoms. The van der Waals surface area contributed by atoms with Gasteiger partial charge in [0.25, 0.3) is 0 Å². The second kappa shape index (κ2) is 6.79. The van der Waals surface area contributed by atoms with E-state index in [0.29, 0.717) is 11.8 Å². The molecule has 0 amide bonds. The average Bonchev–Trinajstić information content (AvgIpc) is 3.15. The SMILES string of the molecule is CC1=Cc2ccc(N(C)C)cc2C1C(C)(C)C1C(C)=Cc2ccc(N(C)C)cc21. The van der Waals surface area contributed by atoms with E-state index in [0.717, 1.165) is 0 Å². The first-order chi connectivity index (χ1) is 13.6. The summed E-state index contributed by atoms with van der Waals surface area (Å²) in [7, 11) is 8.50. The van der Waals surface area contributed by atoms with E-state index in [1.807, 2.05) is 0 Å². The number of benzene rings is 2. The maximum absolute atomic E-state index is 2.46. The molecule has 0 aromatic heterocycles. The van der Waals surface area contributed by atoms with E-state index in [1.54, 1.807) is 0 Å². The maximum atomic E-state index is 2.46. The minimum absolute atomic E-state index is 0.0769. The second-order valence-corrected chi connectivity index (χ2v) is 9.88. The van der Waals surface area contributed by atoms with Gasteiger partial charge in [-0.05, 0) is 65.8 Å². The summed E-state index contributed by atoms with van der Waals surface area (Å²) in [6.45, 7) is 9.55. The fourth-order valence-electron chi connectivity index (χ4n) is 5.73. The highest BCUT2D eigenvalue weighted by Crippen LogP contribution is 2.58. The van der Waals surface area contributed by atoms with Crippen LogP contribution >= 0.6 is 0 Å². The molecule has 0 bridgehead atoms. The van der Waals surface area contributed by atoms with Crippen molar-refractivity contribution in [2.45, 2.75) is 39.5 Å². The first kappa shape index (κ1) is 19.8. The van der Waals surface area contributed by atoms with Crippen LogP contribution in [0.2, 0.25) is 0 Å². The fourth-order valence-corrected chi connectivity index (χ4v) is 5.73. The molecule has 0 saturated carbocycles. The van der Waals surface area contributed by atoms with Gasteiger partial charge in [-0.15, -0.1) is 0 Å². The molecule has 2 aliphatic rings. The molecule has 0 saturated heterocycles. The third-order valence-corrected chi connectivity index (χ3v) is 6.96. The maximum Gasteiger partial charge on any atom is 0.0364 e. The van der Waals surface area contributed by atoms with Crippen molar-refractivity contribution in [2.24, 2.45) is 5.41 Å². The molecule has 0 fully saturated rings. The smallest absolute Gasteiger partial charge is 0.0364 e. The highest BCUT2D eigenvalue weighted by Gasteiger charge is 2.45. The lowest BCUT2D eigenvalue weighted by Crippen LogP contribution is -2.30. The highest BCUT2D eigenvalue weighted by atomic mass is 15.1. The van der Waals surface area contributed by atoms with E-state index in [2.05, 4.69) is 114 Å². The van der Waals surface area contributed by atoms with Crippen molar-refractivity contribution < 1.29 is 0 Å². The predicted octanol–water partition coefficient (Wildman–Crippen LogP) is 6.55. The lowest BCUT2D eigenvalue weighted by molar-refractivity contribution is 0.275. The Balaban J connectivity index is 1.82. The van der Waals surface area contributed by atoms with Crippen molar-refractivity contribution in [3.63, 3.8) is 0 Å². The van der Waals surface area contributed by atoms with E-state index in [9.17, 15) is 0 Å². The summed E-state index contributed by atoms with van der Waals surface area (Å²) in [6, 6.07) is 13.9. The van der Waals surface area contributed by atoms with Crippen LogP contribution in [-0.2, 0) is 0 Å². The molecule has 29 heavy (non-hydrogen) atoms. The summed E-state index contributed by atoms with van der Waals surface area (Å²) in [5, 5.41) is 0. The van der Waals surface area contributed by atoms with Gasteiger partial charge < -0.3 is 9.80 Å². The molecular formula is C27H34N2. The average molecular weight is 387 g/mol. The number of rotatable bonds is 4. The minimum Gasteiger partial charge on any atom is -0.378 e. The summed E-state index contributed by atoms with van der Waals surface area (Å²) in [5.41, 5.74) is 11.3. The van der Waals surface area contributed by atoms with E-state index < -0.39 is 0 Å². The number of hydrogen-bond acceptors (Lipinski definition) is 2. The first-order valence-electron chi connectivity index (χ1n) is 10.6. The topological polar surface area (TPSA) is 6.48 Å². The molecule has 0 radical (unpaired) electrons. The van der Waals surface area contributed by atoms with Crippen molar-refractivity contribution in [3.05, 3.63) is 69.8 Å². The highest BCUT2D eigenvalue weighted by molar-refractivity contribution is 5.73. The van der Waals surface area contributed by atoms with Crippen LogP contribution in [0.15, 0.2) is 47.5 Å². The van der Waals surface area contributed by atoms with Crippen LogP contribution in [0.4, 0.5) is 11.4 Å². The van der Waals surface area contributed by atoms with Crippen LogP contribution in [0, 0.1) is 5.41 Å². The molecule has 0 N–H and O–H groups in total. The third-order valence-electron chi connectivity index (χ3n) is 6.96. The summed E-state index contributed by atoms with van der Waals surface area (Å²) < 4.78 is 0. The molecule has 2 unspecified atom stereocenters. The molecule has 152 valence electrons. The standard InChI is InChI=1S/C27H34N2/c1-17-13-19-9-11-21(28(5)6)15-23(19)25(17)27(3,4)26-18(2)14-20-10-12-22(29(7)8)16-24(20)26/h9-16,25-26H,1-8H3. The van der Waals surface area contributed by atoms with E-state index in [1.165, 1.54) is 44.8 Å². The summed E-state index contributed by atoms with van der Waals surface area (Å²) >= 11 is 0. The quantitative estimate of drug-likeness (QED) is 0.588. The van der Waals surface area contributed by atoms with Gasteiger partial charge in [0, 0.05) is 51.4 Å². The molecular weight excluding hydrogens is 352 g/mol. The Morgan fingerprint density at radius 3 is 1.38 bits per heavy atom. The predicted molar refractivity (Wildman–Crippen MR) is 128 cm³/mol. The van der Waals surface area contributed by atoms with Crippen molar-refractivity contribution in [3.8, 4) is 0 Å². The monoisotopic (exact) mass is 386 g/mol. The van der Waals surface area contributed by atoms with Crippen LogP contribution < -0.4 is 9.80 Å². The van der Waals surface area contributed by atoms with Crippen LogP contribution in [-0.4, -0.2) is 28.2 Å². The van der Waals surface area contributed by atoms with Gasteiger partial charge in [0.15, 0.2) is 0 Å². The van der Waals surface area contributed by atoms with Crippen LogP contribution in [0.5, 0.6) is 0 Å². The number of fused-ring (bicyclic) bond motifs is 2. The normalized spacial score (nSPS) is 20.1. The Hall–Kier alpha value is -2.48. The Bertz CT molecular complexity index is 939.